The summed E-state index contributed by atoms with van der Waals surface area (Å²) in [5, 5.41) is 0.671. The van der Waals surface area contributed by atoms with E-state index in [-0.39, 0.29) is 17.1 Å². The molecule has 4 nitrogen and oxygen atoms in total. The van der Waals surface area contributed by atoms with E-state index < -0.39 is 5.41 Å². The number of nitrogens with zero attached hydrogens (tertiary/aromatic N) is 2. The Morgan fingerprint density at radius 3 is 2.52 bits per heavy atom. The second-order valence-corrected chi connectivity index (χ2v) is 11.0. The van der Waals surface area contributed by atoms with Crippen molar-refractivity contribution in [3.8, 4) is 0 Å². The summed E-state index contributed by atoms with van der Waals surface area (Å²) in [4.78, 5) is 32.7. The first kappa shape index (κ1) is 18.8. The smallest absolute Gasteiger partial charge is 0.233 e. The van der Waals surface area contributed by atoms with Crippen molar-refractivity contribution in [3.63, 3.8) is 0 Å². The average Bonchev–Trinajstić information content (AvgIpc) is 2.87. The molecule has 0 radical (unpaired) electrons. The zero-order valence-corrected chi connectivity index (χ0v) is 18.7. The van der Waals surface area contributed by atoms with Gasteiger partial charge in [0.15, 0.2) is 10.9 Å². The summed E-state index contributed by atoms with van der Waals surface area (Å²) in [6, 6.07) is 4.07. The number of aryl methyl sites for hydroxylation is 1. The highest BCUT2D eigenvalue weighted by atomic mass is 79.9. The summed E-state index contributed by atoms with van der Waals surface area (Å²) in [6.45, 7) is 10.2. The first-order chi connectivity index (χ1) is 12.5. The third-order valence-corrected chi connectivity index (χ3v) is 6.92. The minimum atomic E-state index is -0.424. The van der Waals surface area contributed by atoms with E-state index in [0.29, 0.717) is 24.4 Å². The Labute approximate surface area is 171 Å². The second kappa shape index (κ2) is 5.98. The molecule has 6 heteroatoms. The Kier molecular flexibility index (Phi) is 4.17. The van der Waals surface area contributed by atoms with Crippen molar-refractivity contribution in [2.45, 2.75) is 53.9 Å². The van der Waals surface area contributed by atoms with Crippen LogP contribution in [-0.4, -0.2) is 16.7 Å². The lowest BCUT2D eigenvalue weighted by atomic mass is 9.66. The predicted octanol–water partition coefficient (Wildman–Crippen LogP) is 5.77. The quantitative estimate of drug-likeness (QED) is 0.558. The molecule has 1 aliphatic heterocycles. The molecule has 0 atom stereocenters. The van der Waals surface area contributed by atoms with Gasteiger partial charge in [0.2, 0.25) is 5.91 Å². The SMILES string of the molecule is Cc1cc(Br)cc2sc(N3C(=O)CC(C)(C)C4=C3CC(C)(C)CC4=O)nc12. The molecule has 0 spiro atoms. The Morgan fingerprint density at radius 1 is 1.11 bits per heavy atom. The highest BCUT2D eigenvalue weighted by Crippen LogP contribution is 2.50. The molecule has 0 saturated carbocycles. The molecule has 0 saturated heterocycles. The van der Waals surface area contributed by atoms with Crippen LogP contribution in [0.2, 0.25) is 0 Å². The van der Waals surface area contributed by atoms with E-state index in [2.05, 4.69) is 29.8 Å². The molecular weight excluding hydrogens is 424 g/mol. The number of anilines is 1. The lowest BCUT2D eigenvalue weighted by Crippen LogP contribution is -2.47. The second-order valence-electron chi connectivity index (χ2n) is 9.12. The van der Waals surface area contributed by atoms with Crippen molar-refractivity contribution in [1.82, 2.24) is 4.98 Å². The van der Waals surface area contributed by atoms with Crippen LogP contribution in [0.1, 0.15) is 52.5 Å². The van der Waals surface area contributed by atoms with Gasteiger partial charge in [0, 0.05) is 34.0 Å². The van der Waals surface area contributed by atoms with E-state index in [1.54, 1.807) is 4.90 Å². The lowest BCUT2D eigenvalue weighted by Gasteiger charge is -2.44. The molecule has 4 rings (SSSR count). The Balaban J connectivity index is 1.94. The molecule has 2 aliphatic rings. The van der Waals surface area contributed by atoms with Crippen LogP contribution in [0, 0.1) is 17.8 Å². The molecule has 0 unspecified atom stereocenters. The molecule has 2 heterocycles. The van der Waals surface area contributed by atoms with Crippen molar-refractivity contribution in [2.24, 2.45) is 10.8 Å². The van der Waals surface area contributed by atoms with Gasteiger partial charge in [-0.25, -0.2) is 4.98 Å². The summed E-state index contributed by atoms with van der Waals surface area (Å²) < 4.78 is 2.04. The number of ketones is 1. The number of rotatable bonds is 1. The van der Waals surface area contributed by atoms with E-state index >= 15 is 0 Å². The third kappa shape index (κ3) is 3.07. The number of benzene rings is 1. The summed E-state index contributed by atoms with van der Waals surface area (Å²) in [6.07, 6.45) is 1.57. The molecule has 2 aromatic rings. The number of carbonyl (C=O) groups excluding carboxylic acids is 2. The van der Waals surface area contributed by atoms with Gasteiger partial charge in [-0.05, 0) is 36.5 Å². The van der Waals surface area contributed by atoms with Crippen LogP contribution >= 0.6 is 27.3 Å². The fraction of sp³-hybridized carbons (Fsp3) is 0.476. The van der Waals surface area contributed by atoms with Gasteiger partial charge in [0.25, 0.3) is 0 Å². The van der Waals surface area contributed by atoms with Gasteiger partial charge in [0.05, 0.1) is 10.2 Å². The van der Waals surface area contributed by atoms with Crippen LogP contribution in [0.4, 0.5) is 5.13 Å². The van der Waals surface area contributed by atoms with Crippen molar-refractivity contribution < 1.29 is 9.59 Å². The zero-order chi connectivity index (χ0) is 19.7. The van der Waals surface area contributed by atoms with Crippen LogP contribution in [0.3, 0.4) is 0 Å². The largest absolute Gasteiger partial charge is 0.294 e. The Hall–Kier alpha value is -1.53. The first-order valence-corrected chi connectivity index (χ1v) is 10.8. The highest BCUT2D eigenvalue weighted by molar-refractivity contribution is 9.10. The molecule has 1 aromatic heterocycles. The van der Waals surface area contributed by atoms with Gasteiger partial charge in [0.1, 0.15) is 0 Å². The topological polar surface area (TPSA) is 50.3 Å². The van der Waals surface area contributed by atoms with Crippen molar-refractivity contribution in [2.75, 3.05) is 4.90 Å². The van der Waals surface area contributed by atoms with Gasteiger partial charge in [-0.15, -0.1) is 0 Å². The van der Waals surface area contributed by atoms with Gasteiger partial charge >= 0.3 is 0 Å². The van der Waals surface area contributed by atoms with Gasteiger partial charge in [-0.3, -0.25) is 14.5 Å². The normalized spacial score (nSPS) is 21.8. The number of allylic oxidation sites excluding steroid dienone is 2. The van der Waals surface area contributed by atoms with E-state index in [0.717, 1.165) is 31.5 Å². The van der Waals surface area contributed by atoms with Crippen LogP contribution in [0.15, 0.2) is 27.9 Å². The van der Waals surface area contributed by atoms with Crippen LogP contribution in [-0.2, 0) is 9.59 Å². The minimum Gasteiger partial charge on any atom is -0.294 e. The Bertz CT molecular complexity index is 1030. The number of hydrogen-bond donors (Lipinski definition) is 0. The molecule has 142 valence electrons. The molecule has 1 aromatic carbocycles. The van der Waals surface area contributed by atoms with Crippen molar-refractivity contribution in [3.05, 3.63) is 33.4 Å². The average molecular weight is 447 g/mol. The van der Waals surface area contributed by atoms with E-state index in [1.165, 1.54) is 11.3 Å². The molecule has 1 amide bonds. The number of fused-ring (bicyclic) bond motifs is 1. The maximum Gasteiger partial charge on any atom is 0.233 e. The molecule has 27 heavy (non-hydrogen) atoms. The molecular formula is C21H23BrN2O2S. The fourth-order valence-electron chi connectivity index (χ4n) is 4.40. The Morgan fingerprint density at radius 2 is 1.81 bits per heavy atom. The predicted molar refractivity (Wildman–Crippen MR) is 113 cm³/mol. The zero-order valence-electron chi connectivity index (χ0n) is 16.3. The number of amides is 1. The van der Waals surface area contributed by atoms with Crippen LogP contribution < -0.4 is 4.90 Å². The molecule has 1 aliphatic carbocycles. The number of carbonyl (C=O) groups is 2. The van der Waals surface area contributed by atoms with Crippen LogP contribution in [0.5, 0.6) is 0 Å². The minimum absolute atomic E-state index is 0.0278. The third-order valence-electron chi connectivity index (χ3n) is 5.47. The van der Waals surface area contributed by atoms with E-state index in [9.17, 15) is 9.59 Å². The first-order valence-electron chi connectivity index (χ1n) is 9.15. The molecule has 0 fully saturated rings. The monoisotopic (exact) mass is 446 g/mol. The number of hydrogen-bond acceptors (Lipinski definition) is 4. The number of thiazole rings is 1. The summed E-state index contributed by atoms with van der Waals surface area (Å²) in [5.74, 6) is 0.198. The summed E-state index contributed by atoms with van der Waals surface area (Å²) >= 11 is 5.05. The van der Waals surface area contributed by atoms with Crippen molar-refractivity contribution >= 4 is 54.3 Å². The standard InChI is InChI=1S/C21H23BrN2O2S/c1-11-6-12(22)7-15-18(11)23-19(27-15)24-13-8-20(2,3)9-14(25)17(13)21(4,5)10-16(24)26/h6-7H,8-10H2,1-5H3. The number of halogens is 1. The number of Topliss-reactive ketones (excluding diaryl/α,β-unsaturated/α-hetero) is 1. The van der Waals surface area contributed by atoms with Gasteiger partial charge in [-0.2, -0.15) is 0 Å². The maximum absolute atomic E-state index is 13.1. The lowest BCUT2D eigenvalue weighted by molar-refractivity contribution is -0.123. The van der Waals surface area contributed by atoms with Crippen molar-refractivity contribution in [1.29, 1.82) is 0 Å². The summed E-state index contributed by atoms with van der Waals surface area (Å²) in [5.41, 5.74) is 3.08. The molecule has 0 bridgehead atoms. The van der Waals surface area contributed by atoms with E-state index in [1.807, 2.05) is 32.9 Å². The van der Waals surface area contributed by atoms with Gasteiger partial charge in [-0.1, -0.05) is 55.0 Å². The fourth-order valence-corrected chi connectivity index (χ4v) is 6.25. The van der Waals surface area contributed by atoms with Crippen LogP contribution in [0.25, 0.3) is 10.2 Å². The molecule has 0 N–H and O–H groups in total. The highest BCUT2D eigenvalue weighted by Gasteiger charge is 2.47. The summed E-state index contributed by atoms with van der Waals surface area (Å²) in [7, 11) is 0. The van der Waals surface area contributed by atoms with Gasteiger partial charge < -0.3 is 0 Å². The van der Waals surface area contributed by atoms with E-state index in [4.69, 9.17) is 4.98 Å². The number of aromatic nitrogens is 1. The maximum atomic E-state index is 13.1.